The van der Waals surface area contributed by atoms with Gasteiger partial charge in [-0.25, -0.2) is 4.39 Å². The predicted octanol–water partition coefficient (Wildman–Crippen LogP) is 1.74. The van der Waals surface area contributed by atoms with Crippen LogP contribution >= 0.6 is 0 Å². The quantitative estimate of drug-likeness (QED) is 0.893. The first-order valence-electron chi connectivity index (χ1n) is 5.69. The molecule has 5 nitrogen and oxygen atoms in total. The maximum absolute atomic E-state index is 12.8. The first kappa shape index (κ1) is 13.2. The minimum atomic E-state index is -0.308. The van der Waals surface area contributed by atoms with Gasteiger partial charge in [0.05, 0.1) is 6.61 Å². The molecule has 1 heterocycles. The molecule has 1 N–H and O–H groups in total. The molecule has 2 rings (SSSR count). The average molecular weight is 264 g/mol. The lowest BCUT2D eigenvalue weighted by atomic mass is 10.1. The van der Waals surface area contributed by atoms with E-state index in [2.05, 4.69) is 10.5 Å². The summed E-state index contributed by atoms with van der Waals surface area (Å²) in [6.07, 6.45) is 0. The van der Waals surface area contributed by atoms with E-state index in [0.717, 1.165) is 5.56 Å². The highest BCUT2D eigenvalue weighted by molar-refractivity contribution is 5.76. The summed E-state index contributed by atoms with van der Waals surface area (Å²) < 4.78 is 23.0. The molecule has 1 aromatic heterocycles. The standard InChI is InChI=1S/C13H13FN2O3/c1-15-13(17)8-18-7-11-6-12(19-16-11)9-2-4-10(14)5-3-9/h2-6H,7-8H2,1H3,(H,15,17). The van der Waals surface area contributed by atoms with E-state index in [1.165, 1.54) is 19.2 Å². The molecule has 1 amide bonds. The molecule has 1 aromatic carbocycles. The molecule has 0 radical (unpaired) electrons. The van der Waals surface area contributed by atoms with Gasteiger partial charge in [-0.1, -0.05) is 5.16 Å². The van der Waals surface area contributed by atoms with Crippen LogP contribution in [0.2, 0.25) is 0 Å². The summed E-state index contributed by atoms with van der Waals surface area (Å²) in [7, 11) is 1.54. The lowest BCUT2D eigenvalue weighted by Gasteiger charge is -1.99. The van der Waals surface area contributed by atoms with E-state index in [1.807, 2.05) is 0 Å². The first-order valence-corrected chi connectivity index (χ1v) is 5.69. The number of benzene rings is 1. The van der Waals surface area contributed by atoms with Crippen LogP contribution in [0.1, 0.15) is 5.69 Å². The highest BCUT2D eigenvalue weighted by Gasteiger charge is 2.07. The normalized spacial score (nSPS) is 10.4. The van der Waals surface area contributed by atoms with Gasteiger partial charge < -0.3 is 14.6 Å². The maximum atomic E-state index is 12.8. The molecule has 0 bridgehead atoms. The Hall–Kier alpha value is -2.21. The van der Waals surface area contributed by atoms with E-state index < -0.39 is 0 Å². The van der Waals surface area contributed by atoms with Gasteiger partial charge in [-0.05, 0) is 24.3 Å². The Labute approximate surface area is 109 Å². The fourth-order valence-corrected chi connectivity index (χ4v) is 1.45. The molecule has 0 saturated heterocycles. The molecule has 0 aliphatic carbocycles. The van der Waals surface area contributed by atoms with E-state index in [4.69, 9.17) is 9.26 Å². The number of rotatable bonds is 5. The predicted molar refractivity (Wildman–Crippen MR) is 65.6 cm³/mol. The van der Waals surface area contributed by atoms with Gasteiger partial charge in [0, 0.05) is 18.7 Å². The number of hydrogen-bond acceptors (Lipinski definition) is 4. The Morgan fingerprint density at radius 2 is 2.16 bits per heavy atom. The first-order chi connectivity index (χ1) is 9.19. The number of nitrogens with zero attached hydrogens (tertiary/aromatic N) is 1. The van der Waals surface area contributed by atoms with Gasteiger partial charge in [-0.3, -0.25) is 4.79 Å². The molecule has 19 heavy (non-hydrogen) atoms. The molecule has 0 saturated carbocycles. The third-order valence-corrected chi connectivity index (χ3v) is 2.45. The smallest absolute Gasteiger partial charge is 0.245 e. The van der Waals surface area contributed by atoms with Gasteiger partial charge in [-0.15, -0.1) is 0 Å². The fourth-order valence-electron chi connectivity index (χ4n) is 1.45. The number of hydrogen-bond donors (Lipinski definition) is 1. The second-order valence-corrected chi connectivity index (χ2v) is 3.86. The molecule has 0 atom stereocenters. The van der Waals surface area contributed by atoms with Crippen LogP contribution in [-0.2, 0) is 16.1 Å². The van der Waals surface area contributed by atoms with Crippen molar-refractivity contribution in [2.75, 3.05) is 13.7 Å². The van der Waals surface area contributed by atoms with Crippen LogP contribution in [-0.4, -0.2) is 24.7 Å². The van der Waals surface area contributed by atoms with Crippen molar-refractivity contribution in [1.29, 1.82) is 0 Å². The Bertz CT molecular complexity index is 551. The number of ether oxygens (including phenoxy) is 1. The second-order valence-electron chi connectivity index (χ2n) is 3.86. The van der Waals surface area contributed by atoms with Crippen LogP contribution in [0, 0.1) is 5.82 Å². The van der Waals surface area contributed by atoms with Crippen molar-refractivity contribution in [3.8, 4) is 11.3 Å². The van der Waals surface area contributed by atoms with E-state index in [-0.39, 0.29) is 24.9 Å². The van der Waals surface area contributed by atoms with Crippen molar-refractivity contribution in [2.24, 2.45) is 0 Å². The summed E-state index contributed by atoms with van der Waals surface area (Å²) in [5.41, 5.74) is 1.30. The Morgan fingerprint density at radius 1 is 1.42 bits per heavy atom. The summed E-state index contributed by atoms with van der Waals surface area (Å²) in [5.74, 6) is 0.0122. The highest BCUT2D eigenvalue weighted by Crippen LogP contribution is 2.20. The fraction of sp³-hybridized carbons (Fsp3) is 0.231. The molecule has 0 fully saturated rings. The van der Waals surface area contributed by atoms with E-state index >= 15 is 0 Å². The number of halogens is 1. The van der Waals surface area contributed by atoms with Gasteiger partial charge in [0.25, 0.3) is 0 Å². The van der Waals surface area contributed by atoms with E-state index in [0.29, 0.717) is 11.5 Å². The summed E-state index contributed by atoms with van der Waals surface area (Å²) in [5, 5.41) is 6.26. The van der Waals surface area contributed by atoms with Crippen LogP contribution in [0.5, 0.6) is 0 Å². The van der Waals surface area contributed by atoms with Crippen molar-refractivity contribution < 1.29 is 18.4 Å². The zero-order valence-corrected chi connectivity index (χ0v) is 10.4. The minimum Gasteiger partial charge on any atom is -0.365 e. The molecule has 0 aliphatic heterocycles. The van der Waals surface area contributed by atoms with Crippen LogP contribution in [0.3, 0.4) is 0 Å². The van der Waals surface area contributed by atoms with Crippen molar-refractivity contribution in [1.82, 2.24) is 10.5 Å². The largest absolute Gasteiger partial charge is 0.365 e. The number of aromatic nitrogens is 1. The van der Waals surface area contributed by atoms with Crippen LogP contribution in [0.4, 0.5) is 4.39 Å². The summed E-state index contributed by atoms with van der Waals surface area (Å²) in [4.78, 5) is 10.9. The number of carbonyl (C=O) groups excluding carboxylic acids is 1. The highest BCUT2D eigenvalue weighted by atomic mass is 19.1. The van der Waals surface area contributed by atoms with Crippen LogP contribution in [0.15, 0.2) is 34.9 Å². The Morgan fingerprint density at radius 3 is 2.84 bits per heavy atom. The summed E-state index contributed by atoms with van der Waals surface area (Å²) in [6.45, 7) is 0.146. The minimum absolute atomic E-state index is 0.0325. The van der Waals surface area contributed by atoms with Gasteiger partial charge in [-0.2, -0.15) is 0 Å². The monoisotopic (exact) mass is 264 g/mol. The second kappa shape index (κ2) is 6.10. The number of nitrogens with one attached hydrogen (secondary N) is 1. The average Bonchev–Trinajstić information content (AvgIpc) is 2.88. The molecular weight excluding hydrogens is 251 g/mol. The Balaban J connectivity index is 1.95. The molecule has 0 unspecified atom stereocenters. The molecule has 0 aliphatic rings. The van der Waals surface area contributed by atoms with Gasteiger partial charge >= 0.3 is 0 Å². The summed E-state index contributed by atoms with van der Waals surface area (Å²) in [6, 6.07) is 7.59. The molecule has 2 aromatic rings. The summed E-state index contributed by atoms with van der Waals surface area (Å²) >= 11 is 0. The number of carbonyl (C=O) groups is 1. The van der Waals surface area contributed by atoms with Gasteiger partial charge in [0.2, 0.25) is 5.91 Å². The number of likely N-dealkylation sites (N-methyl/N-ethyl adjacent to an activating group) is 1. The topological polar surface area (TPSA) is 64.4 Å². The van der Waals surface area contributed by atoms with E-state index in [9.17, 15) is 9.18 Å². The zero-order chi connectivity index (χ0) is 13.7. The Kier molecular flexibility index (Phi) is 4.25. The molecule has 100 valence electrons. The van der Waals surface area contributed by atoms with Crippen molar-refractivity contribution >= 4 is 5.91 Å². The molecule has 0 spiro atoms. The zero-order valence-electron chi connectivity index (χ0n) is 10.4. The van der Waals surface area contributed by atoms with Crippen molar-refractivity contribution in [2.45, 2.75) is 6.61 Å². The van der Waals surface area contributed by atoms with Gasteiger partial charge in [0.15, 0.2) is 5.76 Å². The SMILES string of the molecule is CNC(=O)COCc1cc(-c2ccc(F)cc2)on1. The molecular formula is C13H13FN2O3. The third kappa shape index (κ3) is 3.62. The lowest BCUT2D eigenvalue weighted by molar-refractivity contribution is -0.125. The van der Waals surface area contributed by atoms with Crippen LogP contribution < -0.4 is 5.32 Å². The van der Waals surface area contributed by atoms with Crippen molar-refractivity contribution in [3.05, 3.63) is 41.8 Å². The maximum Gasteiger partial charge on any atom is 0.245 e. The van der Waals surface area contributed by atoms with E-state index in [1.54, 1.807) is 18.2 Å². The van der Waals surface area contributed by atoms with Gasteiger partial charge in [0.1, 0.15) is 18.1 Å². The molecule has 6 heteroatoms. The number of amides is 1. The lowest BCUT2D eigenvalue weighted by Crippen LogP contribution is -2.23. The van der Waals surface area contributed by atoms with Crippen molar-refractivity contribution in [3.63, 3.8) is 0 Å². The van der Waals surface area contributed by atoms with Crippen LogP contribution in [0.25, 0.3) is 11.3 Å². The third-order valence-electron chi connectivity index (χ3n) is 2.45.